The molecule has 0 aliphatic carbocycles. The normalized spacial score (nSPS) is 15.7. The van der Waals surface area contributed by atoms with E-state index >= 15 is 0 Å². The lowest BCUT2D eigenvalue weighted by Gasteiger charge is -2.21. The van der Waals surface area contributed by atoms with Gasteiger partial charge in [0.2, 0.25) is 0 Å². The van der Waals surface area contributed by atoms with Gasteiger partial charge in [0.1, 0.15) is 18.5 Å². The summed E-state index contributed by atoms with van der Waals surface area (Å²) in [6.07, 6.45) is -0.657. The zero-order valence-electron chi connectivity index (χ0n) is 11.6. The highest BCUT2D eigenvalue weighted by atomic mass is 35.5. The highest BCUT2D eigenvalue weighted by Gasteiger charge is 2.13. The molecule has 3 unspecified atom stereocenters. The predicted octanol–water partition coefficient (Wildman–Crippen LogP) is 2.34. The summed E-state index contributed by atoms with van der Waals surface area (Å²) in [6, 6.07) is 5.06. The number of ether oxygens (including phenoxy) is 1. The van der Waals surface area contributed by atoms with E-state index in [1.165, 1.54) is 0 Å². The van der Waals surface area contributed by atoms with Crippen LogP contribution in [0.25, 0.3) is 0 Å². The minimum Gasteiger partial charge on any atom is -0.489 e. The second-order valence-corrected chi connectivity index (χ2v) is 5.74. The first-order chi connectivity index (χ1) is 9.43. The van der Waals surface area contributed by atoms with Crippen LogP contribution in [0.4, 0.5) is 0 Å². The lowest BCUT2D eigenvalue weighted by molar-refractivity contribution is 0.0993. The Hall–Kier alpha value is -0.520. The first-order valence-corrected chi connectivity index (χ1v) is 7.29. The quantitative estimate of drug-likeness (QED) is 0.687. The third kappa shape index (κ3) is 5.85. The molecule has 0 aliphatic heterocycles. The number of halogens is 2. The van der Waals surface area contributed by atoms with E-state index in [-0.39, 0.29) is 25.2 Å². The SMILES string of the molecule is CC(CO)C(C)NCC(O)COc1ccc(Cl)cc1Cl. The molecule has 0 spiro atoms. The van der Waals surface area contributed by atoms with Crippen molar-refractivity contribution < 1.29 is 14.9 Å². The van der Waals surface area contributed by atoms with Crippen molar-refractivity contribution in [3.63, 3.8) is 0 Å². The smallest absolute Gasteiger partial charge is 0.138 e. The van der Waals surface area contributed by atoms with Gasteiger partial charge in [-0.15, -0.1) is 0 Å². The van der Waals surface area contributed by atoms with Crippen molar-refractivity contribution in [1.82, 2.24) is 5.32 Å². The Kier molecular flexibility index (Phi) is 7.62. The van der Waals surface area contributed by atoms with E-state index in [0.717, 1.165) is 0 Å². The van der Waals surface area contributed by atoms with Crippen LogP contribution in [0, 0.1) is 5.92 Å². The Morgan fingerprint density at radius 1 is 1.30 bits per heavy atom. The van der Waals surface area contributed by atoms with Gasteiger partial charge in [0.25, 0.3) is 0 Å². The predicted molar refractivity (Wildman–Crippen MR) is 81.7 cm³/mol. The van der Waals surface area contributed by atoms with Crippen LogP contribution in [0.2, 0.25) is 10.0 Å². The zero-order chi connectivity index (χ0) is 15.1. The molecule has 0 saturated heterocycles. The molecule has 114 valence electrons. The largest absolute Gasteiger partial charge is 0.489 e. The average molecular weight is 322 g/mol. The van der Waals surface area contributed by atoms with Crippen LogP contribution in [0.1, 0.15) is 13.8 Å². The van der Waals surface area contributed by atoms with Gasteiger partial charge in [0.15, 0.2) is 0 Å². The van der Waals surface area contributed by atoms with E-state index in [9.17, 15) is 5.11 Å². The maximum Gasteiger partial charge on any atom is 0.138 e. The van der Waals surface area contributed by atoms with Crippen molar-refractivity contribution in [3.8, 4) is 5.75 Å². The molecular formula is C14H21Cl2NO3. The van der Waals surface area contributed by atoms with Gasteiger partial charge < -0.3 is 20.3 Å². The van der Waals surface area contributed by atoms with Gasteiger partial charge in [-0.2, -0.15) is 0 Å². The molecule has 0 bridgehead atoms. The first kappa shape index (κ1) is 17.5. The summed E-state index contributed by atoms with van der Waals surface area (Å²) in [5.74, 6) is 0.626. The number of hydrogen-bond acceptors (Lipinski definition) is 4. The van der Waals surface area contributed by atoms with Crippen LogP contribution in [-0.2, 0) is 0 Å². The molecule has 3 N–H and O–H groups in total. The van der Waals surface area contributed by atoms with E-state index < -0.39 is 6.10 Å². The average Bonchev–Trinajstić information content (AvgIpc) is 2.42. The van der Waals surface area contributed by atoms with Crippen molar-refractivity contribution in [1.29, 1.82) is 0 Å². The number of aliphatic hydroxyl groups excluding tert-OH is 2. The molecule has 6 heteroatoms. The Balaban J connectivity index is 2.34. The molecule has 1 aromatic rings. The minimum absolute atomic E-state index is 0.112. The van der Waals surface area contributed by atoms with E-state index in [0.29, 0.717) is 22.3 Å². The van der Waals surface area contributed by atoms with Crippen LogP contribution < -0.4 is 10.1 Å². The van der Waals surface area contributed by atoms with Crippen LogP contribution in [0.3, 0.4) is 0 Å². The second-order valence-electron chi connectivity index (χ2n) is 4.90. The molecule has 20 heavy (non-hydrogen) atoms. The van der Waals surface area contributed by atoms with Crippen LogP contribution in [0.15, 0.2) is 18.2 Å². The molecule has 0 fully saturated rings. The van der Waals surface area contributed by atoms with Crippen LogP contribution in [-0.4, -0.2) is 42.1 Å². The summed E-state index contributed by atoms with van der Waals surface area (Å²) in [5, 5.41) is 23.0. The molecule has 0 amide bonds. The van der Waals surface area contributed by atoms with Gasteiger partial charge in [-0.05, 0) is 31.0 Å². The van der Waals surface area contributed by atoms with Gasteiger partial charge in [-0.1, -0.05) is 30.1 Å². The van der Waals surface area contributed by atoms with Crippen LogP contribution >= 0.6 is 23.2 Å². The second kappa shape index (κ2) is 8.70. The van der Waals surface area contributed by atoms with Crippen molar-refractivity contribution in [2.45, 2.75) is 26.0 Å². The summed E-state index contributed by atoms with van der Waals surface area (Å²) in [7, 11) is 0. The maximum absolute atomic E-state index is 9.84. The molecule has 0 saturated carbocycles. The highest BCUT2D eigenvalue weighted by molar-refractivity contribution is 6.35. The van der Waals surface area contributed by atoms with Gasteiger partial charge >= 0.3 is 0 Å². The summed E-state index contributed by atoms with van der Waals surface area (Å²) >= 11 is 11.8. The number of aliphatic hydroxyl groups is 2. The van der Waals surface area contributed by atoms with Crippen molar-refractivity contribution in [3.05, 3.63) is 28.2 Å². The molecule has 0 radical (unpaired) electrons. The lowest BCUT2D eigenvalue weighted by atomic mass is 10.1. The molecule has 1 rings (SSSR count). The lowest BCUT2D eigenvalue weighted by Crippen LogP contribution is -2.40. The molecule has 3 atom stereocenters. The van der Waals surface area contributed by atoms with Gasteiger partial charge in [0.05, 0.1) is 5.02 Å². The van der Waals surface area contributed by atoms with E-state index in [1.54, 1.807) is 18.2 Å². The van der Waals surface area contributed by atoms with E-state index in [4.69, 9.17) is 33.0 Å². The maximum atomic E-state index is 9.84. The summed E-state index contributed by atoms with van der Waals surface area (Å²) < 4.78 is 5.44. The van der Waals surface area contributed by atoms with Crippen molar-refractivity contribution >= 4 is 23.2 Å². The fourth-order valence-electron chi connectivity index (χ4n) is 1.52. The molecule has 0 aliphatic rings. The topological polar surface area (TPSA) is 61.7 Å². The monoisotopic (exact) mass is 321 g/mol. The summed E-state index contributed by atoms with van der Waals surface area (Å²) in [6.45, 7) is 4.53. The number of nitrogens with one attached hydrogen (secondary N) is 1. The van der Waals surface area contributed by atoms with Crippen molar-refractivity contribution in [2.24, 2.45) is 5.92 Å². The fourth-order valence-corrected chi connectivity index (χ4v) is 1.98. The number of hydrogen-bond donors (Lipinski definition) is 3. The zero-order valence-corrected chi connectivity index (χ0v) is 13.2. The molecule has 4 nitrogen and oxygen atoms in total. The van der Waals surface area contributed by atoms with Gasteiger partial charge in [-0.3, -0.25) is 0 Å². The number of benzene rings is 1. The third-order valence-corrected chi connectivity index (χ3v) is 3.67. The van der Waals surface area contributed by atoms with E-state index in [1.807, 2.05) is 13.8 Å². The standard InChI is InChI=1S/C14H21Cl2NO3/c1-9(7-18)10(2)17-6-12(19)8-20-14-4-3-11(15)5-13(14)16/h3-5,9-10,12,17-19H,6-8H2,1-2H3. The third-order valence-electron chi connectivity index (χ3n) is 3.14. The summed E-state index contributed by atoms with van der Waals surface area (Å²) in [4.78, 5) is 0. The fraction of sp³-hybridized carbons (Fsp3) is 0.571. The van der Waals surface area contributed by atoms with E-state index in [2.05, 4.69) is 5.32 Å². The molecule has 0 aromatic heterocycles. The van der Waals surface area contributed by atoms with Crippen molar-refractivity contribution in [2.75, 3.05) is 19.8 Å². The highest BCUT2D eigenvalue weighted by Crippen LogP contribution is 2.27. The molecule has 0 heterocycles. The minimum atomic E-state index is -0.657. The first-order valence-electron chi connectivity index (χ1n) is 6.54. The molecule has 1 aromatic carbocycles. The Labute approximate surface area is 129 Å². The van der Waals surface area contributed by atoms with Gasteiger partial charge in [-0.25, -0.2) is 0 Å². The Bertz CT molecular complexity index is 417. The molecular weight excluding hydrogens is 301 g/mol. The Morgan fingerprint density at radius 2 is 2.00 bits per heavy atom. The summed E-state index contributed by atoms with van der Waals surface area (Å²) in [5.41, 5.74) is 0. The van der Waals surface area contributed by atoms with Crippen LogP contribution in [0.5, 0.6) is 5.75 Å². The Morgan fingerprint density at radius 3 is 2.60 bits per heavy atom. The van der Waals surface area contributed by atoms with Gasteiger partial charge in [0, 0.05) is 24.2 Å². The number of rotatable bonds is 8.